The normalized spacial score (nSPS) is 10.2. The molecule has 2 N–H and O–H groups in total. The van der Waals surface area contributed by atoms with E-state index < -0.39 is 0 Å². The van der Waals surface area contributed by atoms with Crippen LogP contribution in [-0.2, 0) is 0 Å². The van der Waals surface area contributed by atoms with Gasteiger partial charge in [-0.05, 0) is 29.2 Å². The molecule has 0 atom stereocenters. The molecule has 0 aliphatic rings. The highest BCUT2D eigenvalue weighted by Crippen LogP contribution is 2.20. The van der Waals surface area contributed by atoms with Crippen LogP contribution in [0.1, 0.15) is 32.3 Å². The molecule has 0 amide bonds. The molecule has 0 aromatic heterocycles. The molecule has 1 heteroatoms. The Balaban J connectivity index is 0.00000144. The quantitative estimate of drug-likeness (QED) is 0.665. The summed E-state index contributed by atoms with van der Waals surface area (Å²) in [5, 5.41) is 0. The van der Waals surface area contributed by atoms with E-state index in [2.05, 4.69) is 32.6 Å². The summed E-state index contributed by atoms with van der Waals surface area (Å²) in [6.45, 7) is 8.04. The van der Waals surface area contributed by atoms with Gasteiger partial charge in [0.15, 0.2) is 0 Å². The molecule has 0 spiro atoms. The largest absolute Gasteiger partial charge is 0.398 e. The molecule has 1 aromatic rings. The van der Waals surface area contributed by atoms with Crippen molar-refractivity contribution >= 4 is 11.8 Å². The van der Waals surface area contributed by atoms with Crippen LogP contribution in [0.2, 0.25) is 0 Å². The maximum Gasteiger partial charge on any atom is 0.0387 e. The maximum atomic E-state index is 5.73. The Morgan fingerprint density at radius 1 is 1.50 bits per heavy atom. The third-order valence-corrected chi connectivity index (χ3v) is 2.00. The van der Waals surface area contributed by atoms with Crippen LogP contribution in [0.3, 0.4) is 0 Å². The molecule has 0 aliphatic carbocycles. The van der Waals surface area contributed by atoms with E-state index in [-0.39, 0.29) is 1.43 Å². The van der Waals surface area contributed by atoms with Crippen molar-refractivity contribution in [3.05, 3.63) is 35.9 Å². The monoisotopic (exact) mass is 163 g/mol. The van der Waals surface area contributed by atoms with Crippen molar-refractivity contribution in [1.29, 1.82) is 0 Å². The van der Waals surface area contributed by atoms with Gasteiger partial charge in [0.05, 0.1) is 0 Å². The molecule has 66 valence electrons. The second kappa shape index (κ2) is 3.44. The SMILES string of the molecule is C=Cc1cc(C(C)C)ccc1N.[HH]. The lowest BCUT2D eigenvalue weighted by Crippen LogP contribution is -1.93. The number of anilines is 1. The van der Waals surface area contributed by atoms with Gasteiger partial charge in [-0.1, -0.05) is 32.6 Å². The number of hydrogen-bond donors (Lipinski definition) is 1. The first-order valence-corrected chi connectivity index (χ1v) is 4.17. The van der Waals surface area contributed by atoms with E-state index in [1.165, 1.54) is 5.56 Å². The van der Waals surface area contributed by atoms with Gasteiger partial charge in [-0.15, -0.1) is 0 Å². The third-order valence-electron chi connectivity index (χ3n) is 2.00. The zero-order valence-electron chi connectivity index (χ0n) is 7.67. The van der Waals surface area contributed by atoms with Gasteiger partial charge in [-0.25, -0.2) is 0 Å². The number of rotatable bonds is 2. The van der Waals surface area contributed by atoms with E-state index in [0.717, 1.165) is 11.3 Å². The van der Waals surface area contributed by atoms with E-state index in [1.807, 2.05) is 6.07 Å². The fourth-order valence-corrected chi connectivity index (χ4v) is 1.13. The van der Waals surface area contributed by atoms with Crippen LogP contribution in [0.5, 0.6) is 0 Å². The van der Waals surface area contributed by atoms with Crippen molar-refractivity contribution in [2.24, 2.45) is 0 Å². The van der Waals surface area contributed by atoms with Gasteiger partial charge in [0, 0.05) is 7.11 Å². The minimum atomic E-state index is 0. The second-order valence-electron chi connectivity index (χ2n) is 3.25. The Morgan fingerprint density at radius 2 is 2.17 bits per heavy atom. The van der Waals surface area contributed by atoms with Crippen molar-refractivity contribution in [1.82, 2.24) is 0 Å². The van der Waals surface area contributed by atoms with Crippen molar-refractivity contribution in [3.8, 4) is 0 Å². The topological polar surface area (TPSA) is 26.0 Å². The predicted molar refractivity (Wildman–Crippen MR) is 57.1 cm³/mol. The van der Waals surface area contributed by atoms with Crippen LogP contribution in [0.15, 0.2) is 24.8 Å². The van der Waals surface area contributed by atoms with Crippen molar-refractivity contribution < 1.29 is 1.43 Å². The molecule has 0 fully saturated rings. The van der Waals surface area contributed by atoms with E-state index in [0.29, 0.717) is 5.92 Å². The maximum absolute atomic E-state index is 5.73. The Labute approximate surface area is 75.4 Å². The van der Waals surface area contributed by atoms with Gasteiger partial charge in [0.25, 0.3) is 0 Å². The molecule has 0 saturated carbocycles. The molecular weight excluding hydrogens is 146 g/mol. The predicted octanol–water partition coefficient (Wildman–Crippen LogP) is 3.28. The Kier molecular flexibility index (Phi) is 2.54. The number of benzene rings is 1. The standard InChI is InChI=1S/C11H15N.H2/c1-4-9-7-10(8(2)3)5-6-11(9)12;/h4-8H,1,12H2,2-3H3;1H. The summed E-state index contributed by atoms with van der Waals surface area (Å²) in [7, 11) is 0. The third kappa shape index (κ3) is 1.67. The molecule has 1 rings (SSSR count). The molecular formula is C11H17N. The zero-order valence-corrected chi connectivity index (χ0v) is 7.67. The number of nitrogen functional groups attached to an aromatic ring is 1. The summed E-state index contributed by atoms with van der Waals surface area (Å²) in [6, 6.07) is 6.09. The molecule has 0 radical (unpaired) electrons. The van der Waals surface area contributed by atoms with Crippen LogP contribution < -0.4 is 5.73 Å². The Hall–Kier alpha value is -1.24. The van der Waals surface area contributed by atoms with Gasteiger partial charge < -0.3 is 5.73 Å². The highest BCUT2D eigenvalue weighted by molar-refractivity contribution is 5.64. The van der Waals surface area contributed by atoms with Gasteiger partial charge in [-0.3, -0.25) is 0 Å². The van der Waals surface area contributed by atoms with Crippen molar-refractivity contribution in [2.75, 3.05) is 5.73 Å². The molecule has 0 bridgehead atoms. The summed E-state index contributed by atoms with van der Waals surface area (Å²) in [6.07, 6.45) is 1.79. The number of nitrogens with two attached hydrogens (primary N) is 1. The minimum Gasteiger partial charge on any atom is -0.398 e. The Bertz CT molecular complexity index is 292. The van der Waals surface area contributed by atoms with Crippen LogP contribution in [0.4, 0.5) is 5.69 Å². The minimum absolute atomic E-state index is 0. The van der Waals surface area contributed by atoms with Gasteiger partial charge in [-0.2, -0.15) is 0 Å². The van der Waals surface area contributed by atoms with E-state index >= 15 is 0 Å². The van der Waals surface area contributed by atoms with Crippen molar-refractivity contribution in [2.45, 2.75) is 19.8 Å². The van der Waals surface area contributed by atoms with E-state index in [1.54, 1.807) is 6.08 Å². The molecule has 12 heavy (non-hydrogen) atoms. The highest BCUT2D eigenvalue weighted by atomic mass is 14.5. The lowest BCUT2D eigenvalue weighted by atomic mass is 10.00. The summed E-state index contributed by atoms with van der Waals surface area (Å²) < 4.78 is 0. The van der Waals surface area contributed by atoms with Crippen LogP contribution in [0, 0.1) is 0 Å². The summed E-state index contributed by atoms with van der Waals surface area (Å²) >= 11 is 0. The first-order valence-electron chi connectivity index (χ1n) is 4.17. The lowest BCUT2D eigenvalue weighted by Gasteiger charge is -2.07. The lowest BCUT2D eigenvalue weighted by molar-refractivity contribution is 0.866. The fourth-order valence-electron chi connectivity index (χ4n) is 1.13. The Morgan fingerprint density at radius 3 is 2.67 bits per heavy atom. The fraction of sp³-hybridized carbons (Fsp3) is 0.273. The molecule has 1 nitrogen and oxygen atoms in total. The second-order valence-corrected chi connectivity index (χ2v) is 3.25. The van der Waals surface area contributed by atoms with Crippen molar-refractivity contribution in [3.63, 3.8) is 0 Å². The van der Waals surface area contributed by atoms with Crippen LogP contribution in [-0.4, -0.2) is 0 Å². The highest BCUT2D eigenvalue weighted by Gasteiger charge is 2.00. The van der Waals surface area contributed by atoms with Gasteiger partial charge >= 0.3 is 0 Å². The van der Waals surface area contributed by atoms with E-state index in [9.17, 15) is 0 Å². The summed E-state index contributed by atoms with van der Waals surface area (Å²) in [5.74, 6) is 0.546. The summed E-state index contributed by atoms with van der Waals surface area (Å²) in [5.41, 5.74) is 8.86. The molecule has 0 aliphatic heterocycles. The van der Waals surface area contributed by atoms with Crippen LogP contribution >= 0.6 is 0 Å². The van der Waals surface area contributed by atoms with Crippen LogP contribution in [0.25, 0.3) is 6.08 Å². The zero-order chi connectivity index (χ0) is 9.14. The van der Waals surface area contributed by atoms with E-state index in [4.69, 9.17) is 5.73 Å². The van der Waals surface area contributed by atoms with Gasteiger partial charge in [0.2, 0.25) is 0 Å². The van der Waals surface area contributed by atoms with Gasteiger partial charge in [0.1, 0.15) is 0 Å². The average Bonchev–Trinajstić information content (AvgIpc) is 2.05. The first kappa shape index (κ1) is 8.85. The smallest absolute Gasteiger partial charge is 0.0387 e. The number of hydrogen-bond acceptors (Lipinski definition) is 1. The average molecular weight is 163 g/mol. The first-order chi connectivity index (χ1) is 5.65. The molecule has 0 saturated heterocycles. The summed E-state index contributed by atoms with van der Waals surface area (Å²) in [4.78, 5) is 0. The molecule has 0 unspecified atom stereocenters. The molecule has 1 aromatic carbocycles. The molecule has 0 heterocycles.